The number of hydrogen-bond acceptors (Lipinski definition) is 3. The van der Waals surface area contributed by atoms with Crippen molar-refractivity contribution in [3.8, 4) is 0 Å². The summed E-state index contributed by atoms with van der Waals surface area (Å²) in [5, 5.41) is 8.60. The van der Waals surface area contributed by atoms with Crippen molar-refractivity contribution in [1.82, 2.24) is 0 Å². The molecule has 0 heterocycles. The summed E-state index contributed by atoms with van der Waals surface area (Å²) in [6.45, 7) is 0. The van der Waals surface area contributed by atoms with Crippen LogP contribution >= 0.6 is 0 Å². The molecule has 1 aromatic rings. The van der Waals surface area contributed by atoms with Crippen molar-refractivity contribution < 1.29 is 35.9 Å². The highest BCUT2D eigenvalue weighted by Crippen LogP contribution is 2.23. The molecule has 0 unspecified atom stereocenters. The molecule has 0 bridgehead atoms. The van der Waals surface area contributed by atoms with E-state index < -0.39 is 50.4 Å². The lowest BCUT2D eigenvalue weighted by Gasteiger charge is -2.08. The first-order valence-electron chi connectivity index (χ1n) is 4.85. The summed E-state index contributed by atoms with van der Waals surface area (Å²) in [5.41, 5.74) is -0.909. The fraction of sp³-hybridized carbons (Fsp3) is 0.300. The summed E-state index contributed by atoms with van der Waals surface area (Å²) in [4.78, 5) is 9.95. The molecule has 0 aliphatic carbocycles. The molecular formula is C10H8F4O4S. The van der Waals surface area contributed by atoms with Gasteiger partial charge in [-0.2, -0.15) is 13.2 Å². The quantitative estimate of drug-likeness (QED) is 0.684. The number of rotatable bonds is 4. The molecule has 0 spiro atoms. The lowest BCUT2D eigenvalue weighted by molar-refractivity contribution is -0.129. The zero-order valence-electron chi connectivity index (χ0n) is 9.24. The lowest BCUT2D eigenvalue weighted by atomic mass is 10.2. The second kappa shape index (κ2) is 5.16. The zero-order chi connectivity index (χ0) is 14.8. The predicted molar refractivity (Wildman–Crippen MR) is 56.1 cm³/mol. The Bertz CT molecular complexity index is 592. The molecule has 0 radical (unpaired) electrons. The van der Waals surface area contributed by atoms with Crippen LogP contribution in [-0.2, 0) is 9.84 Å². The molecule has 106 valence electrons. The number of carboxylic acids is 1. The van der Waals surface area contributed by atoms with Crippen LogP contribution in [0.4, 0.5) is 17.6 Å². The van der Waals surface area contributed by atoms with Crippen molar-refractivity contribution in [2.75, 3.05) is 5.75 Å². The van der Waals surface area contributed by atoms with E-state index in [0.29, 0.717) is 12.1 Å². The van der Waals surface area contributed by atoms with Crippen molar-refractivity contribution in [2.24, 2.45) is 0 Å². The molecule has 0 amide bonds. The highest BCUT2D eigenvalue weighted by Gasteiger charge is 2.31. The third kappa shape index (κ3) is 4.19. The van der Waals surface area contributed by atoms with Crippen LogP contribution in [0.2, 0.25) is 0 Å². The van der Waals surface area contributed by atoms with E-state index in [9.17, 15) is 30.8 Å². The maximum absolute atomic E-state index is 13.0. The second-order valence-corrected chi connectivity index (χ2v) is 5.74. The predicted octanol–water partition coefficient (Wildman–Crippen LogP) is 2.25. The van der Waals surface area contributed by atoms with Crippen LogP contribution in [0.15, 0.2) is 23.1 Å². The van der Waals surface area contributed by atoms with Gasteiger partial charge in [0.1, 0.15) is 5.82 Å². The molecule has 0 fully saturated rings. The third-order valence-electron chi connectivity index (χ3n) is 2.18. The summed E-state index contributed by atoms with van der Waals surface area (Å²) in [6.07, 6.45) is -6.21. The van der Waals surface area contributed by atoms with Gasteiger partial charge in [-0.1, -0.05) is 0 Å². The van der Waals surface area contributed by atoms with Gasteiger partial charge in [0.05, 0.1) is 22.6 Å². The van der Waals surface area contributed by atoms with Gasteiger partial charge in [-0.25, -0.2) is 17.6 Å². The Balaban J connectivity index is 3.09. The molecule has 0 atom stereocenters. The minimum absolute atomic E-state index is 0.503. The van der Waals surface area contributed by atoms with Gasteiger partial charge in [0.2, 0.25) is 0 Å². The largest absolute Gasteiger partial charge is 0.478 e. The molecule has 1 N–H and O–H groups in total. The number of carboxylic acid groups (broad SMARTS) is 1. The summed E-state index contributed by atoms with van der Waals surface area (Å²) in [7, 11) is -4.32. The van der Waals surface area contributed by atoms with E-state index in [1.165, 1.54) is 0 Å². The smallest absolute Gasteiger partial charge is 0.390 e. The molecule has 1 rings (SSSR count). The minimum Gasteiger partial charge on any atom is -0.478 e. The number of carbonyl (C=O) groups is 1. The second-order valence-electron chi connectivity index (χ2n) is 3.63. The van der Waals surface area contributed by atoms with E-state index in [1.54, 1.807) is 0 Å². The van der Waals surface area contributed by atoms with E-state index in [2.05, 4.69) is 0 Å². The topological polar surface area (TPSA) is 71.4 Å². The van der Waals surface area contributed by atoms with E-state index in [4.69, 9.17) is 5.11 Å². The van der Waals surface area contributed by atoms with Gasteiger partial charge >= 0.3 is 12.1 Å². The average molecular weight is 300 g/mol. The van der Waals surface area contributed by atoms with Crippen LogP contribution in [0, 0.1) is 5.82 Å². The first-order chi connectivity index (χ1) is 8.53. The van der Waals surface area contributed by atoms with Crippen LogP contribution in [0.1, 0.15) is 16.8 Å². The summed E-state index contributed by atoms with van der Waals surface area (Å²) >= 11 is 0. The maximum Gasteiger partial charge on any atom is 0.390 e. The van der Waals surface area contributed by atoms with Crippen LogP contribution < -0.4 is 0 Å². The Morgan fingerprint density at radius 3 is 2.32 bits per heavy atom. The Hall–Kier alpha value is -1.64. The van der Waals surface area contributed by atoms with E-state index in [1.807, 2.05) is 0 Å². The number of hydrogen-bond donors (Lipinski definition) is 1. The minimum atomic E-state index is -4.65. The number of benzene rings is 1. The SMILES string of the molecule is O=C(O)c1cc(S(=O)(=O)CCC(F)(F)F)ccc1F. The van der Waals surface area contributed by atoms with Crippen molar-refractivity contribution in [2.45, 2.75) is 17.5 Å². The number of alkyl halides is 3. The standard InChI is InChI=1S/C10H8F4O4S/c11-8-2-1-6(5-7(8)9(15)16)19(17,18)4-3-10(12,13)14/h1-2,5H,3-4H2,(H,15,16). The molecular weight excluding hydrogens is 292 g/mol. The Kier molecular flexibility index (Phi) is 4.18. The summed E-state index contributed by atoms with van der Waals surface area (Å²) in [6, 6.07) is 1.82. The highest BCUT2D eigenvalue weighted by molar-refractivity contribution is 7.91. The van der Waals surface area contributed by atoms with Crippen molar-refractivity contribution in [3.05, 3.63) is 29.6 Å². The number of sulfone groups is 1. The van der Waals surface area contributed by atoms with Gasteiger partial charge in [-0.05, 0) is 18.2 Å². The average Bonchev–Trinajstić information content (AvgIpc) is 2.25. The Morgan fingerprint density at radius 2 is 1.84 bits per heavy atom. The van der Waals surface area contributed by atoms with Crippen LogP contribution in [0.3, 0.4) is 0 Å². The molecule has 0 aliphatic rings. The number of halogens is 4. The molecule has 0 aromatic heterocycles. The Morgan fingerprint density at radius 1 is 1.26 bits per heavy atom. The fourth-order valence-electron chi connectivity index (χ4n) is 1.23. The number of aromatic carboxylic acids is 1. The summed E-state index contributed by atoms with van der Waals surface area (Å²) < 4.78 is 72.0. The van der Waals surface area contributed by atoms with Crippen LogP contribution in [0.25, 0.3) is 0 Å². The van der Waals surface area contributed by atoms with E-state index in [-0.39, 0.29) is 0 Å². The molecule has 9 heteroatoms. The highest BCUT2D eigenvalue weighted by atomic mass is 32.2. The van der Waals surface area contributed by atoms with E-state index >= 15 is 0 Å². The van der Waals surface area contributed by atoms with Gasteiger partial charge in [0.15, 0.2) is 9.84 Å². The first kappa shape index (κ1) is 15.4. The first-order valence-corrected chi connectivity index (χ1v) is 6.50. The Labute approximate surface area is 105 Å². The molecule has 1 aromatic carbocycles. The summed E-state index contributed by atoms with van der Waals surface area (Å²) in [5.74, 6) is -4.09. The van der Waals surface area contributed by atoms with E-state index in [0.717, 1.165) is 6.07 Å². The molecule has 0 saturated heterocycles. The van der Waals surface area contributed by atoms with Gasteiger partial charge in [-0.15, -0.1) is 0 Å². The normalized spacial score (nSPS) is 12.4. The van der Waals surface area contributed by atoms with Gasteiger partial charge < -0.3 is 5.11 Å². The van der Waals surface area contributed by atoms with Gasteiger partial charge in [0.25, 0.3) is 0 Å². The van der Waals surface area contributed by atoms with Gasteiger partial charge in [-0.3, -0.25) is 0 Å². The van der Waals surface area contributed by atoms with Gasteiger partial charge in [0, 0.05) is 0 Å². The molecule has 0 saturated carbocycles. The molecule has 0 aliphatic heterocycles. The van der Waals surface area contributed by atoms with Crippen LogP contribution in [-0.4, -0.2) is 31.4 Å². The van der Waals surface area contributed by atoms with Crippen molar-refractivity contribution in [1.29, 1.82) is 0 Å². The third-order valence-corrected chi connectivity index (χ3v) is 3.90. The molecule has 19 heavy (non-hydrogen) atoms. The lowest BCUT2D eigenvalue weighted by Crippen LogP contribution is -2.17. The van der Waals surface area contributed by atoms with Crippen LogP contribution in [0.5, 0.6) is 0 Å². The fourth-order valence-corrected chi connectivity index (χ4v) is 2.54. The van der Waals surface area contributed by atoms with Crippen molar-refractivity contribution in [3.63, 3.8) is 0 Å². The van der Waals surface area contributed by atoms with Crippen molar-refractivity contribution >= 4 is 15.8 Å². The molecule has 4 nitrogen and oxygen atoms in total. The maximum atomic E-state index is 13.0. The monoisotopic (exact) mass is 300 g/mol. The zero-order valence-corrected chi connectivity index (χ0v) is 10.1.